The molecule has 5 rings (SSSR count). The van der Waals surface area contributed by atoms with Gasteiger partial charge in [-0.1, -0.05) is 22.0 Å². The van der Waals surface area contributed by atoms with E-state index in [9.17, 15) is 10.1 Å². The molecule has 0 unspecified atom stereocenters. The molecular weight excluding hydrogens is 528 g/mol. The van der Waals surface area contributed by atoms with Crippen LogP contribution in [0.4, 0.5) is 5.69 Å². The number of nitrogens with zero attached hydrogens (tertiary/aromatic N) is 6. The van der Waals surface area contributed by atoms with Crippen LogP contribution in [0.5, 0.6) is 0 Å². The van der Waals surface area contributed by atoms with Crippen LogP contribution < -0.4 is 0 Å². The molecule has 0 radical (unpaired) electrons. The second kappa shape index (κ2) is 8.56. The van der Waals surface area contributed by atoms with E-state index in [1.54, 1.807) is 17.1 Å². The van der Waals surface area contributed by atoms with Crippen LogP contribution in [0.25, 0.3) is 33.1 Å². The predicted molar refractivity (Wildman–Crippen MR) is 127 cm³/mol. The van der Waals surface area contributed by atoms with Crippen LogP contribution in [0.15, 0.2) is 70.0 Å². The maximum Gasteiger partial charge on any atom is 0.296 e. The summed E-state index contributed by atoms with van der Waals surface area (Å²) in [5.41, 5.74) is 3.15. The summed E-state index contributed by atoms with van der Waals surface area (Å²) in [5, 5.41) is 21.5. The molecule has 10 heteroatoms. The summed E-state index contributed by atoms with van der Waals surface area (Å²) in [7, 11) is 3.79. The number of nitro groups is 1. The molecule has 0 N–H and O–H groups in total. The van der Waals surface area contributed by atoms with E-state index in [-0.39, 0.29) is 5.69 Å². The summed E-state index contributed by atoms with van der Waals surface area (Å²) in [6.07, 6.45) is 5.14. The molecule has 2 aromatic carbocycles. The maximum atomic E-state index is 11.1. The number of pyridine rings is 1. The molecule has 0 fully saturated rings. The first-order valence-electron chi connectivity index (χ1n) is 9.13. The fourth-order valence-corrected chi connectivity index (χ4v) is 3.93. The lowest BCUT2D eigenvalue weighted by atomic mass is 10.1. The zero-order valence-corrected chi connectivity index (χ0v) is 19.7. The second-order valence-corrected chi connectivity index (χ2v) is 8.62. The average Bonchev–Trinajstić information content (AvgIpc) is 3.30. The molecule has 3 heterocycles. The van der Waals surface area contributed by atoms with Gasteiger partial charge in [-0.2, -0.15) is 10.2 Å². The zero-order chi connectivity index (χ0) is 22.1. The molecule has 0 saturated heterocycles. The molecule has 3 aromatic heterocycles. The third-order valence-electron chi connectivity index (χ3n) is 4.76. The van der Waals surface area contributed by atoms with Gasteiger partial charge in [0, 0.05) is 51.6 Å². The zero-order valence-electron chi connectivity index (χ0n) is 16.5. The minimum absolute atomic E-state index is 0.0254. The van der Waals surface area contributed by atoms with Gasteiger partial charge in [0.2, 0.25) is 0 Å². The van der Waals surface area contributed by atoms with Gasteiger partial charge >= 0.3 is 0 Å². The standard InChI is InChI=1S/C13H9BrN4O2.C8H7BrN2/c1-17-11-3-2-8(4-9(11)6-16-17)13-12(18(19)20)5-10(14)7-15-13;1-11-8-3-2-7(9)4-6(8)5-10-11/h2-7H,1H3;2-5H,1H3. The Morgan fingerprint density at radius 2 is 1.45 bits per heavy atom. The maximum absolute atomic E-state index is 11.1. The molecule has 0 spiro atoms. The molecule has 0 saturated carbocycles. The predicted octanol–water partition coefficient (Wildman–Crippen LogP) is 5.64. The highest BCUT2D eigenvalue weighted by Crippen LogP contribution is 2.31. The van der Waals surface area contributed by atoms with Crippen LogP contribution in [-0.4, -0.2) is 29.5 Å². The van der Waals surface area contributed by atoms with Crippen molar-refractivity contribution in [2.45, 2.75) is 0 Å². The number of hydrogen-bond acceptors (Lipinski definition) is 5. The highest BCUT2D eigenvalue weighted by Gasteiger charge is 2.18. The lowest BCUT2D eigenvalue weighted by Gasteiger charge is -2.03. The second-order valence-electron chi connectivity index (χ2n) is 6.79. The topological polar surface area (TPSA) is 91.7 Å². The fraction of sp³-hybridized carbons (Fsp3) is 0.0952. The van der Waals surface area contributed by atoms with Crippen molar-refractivity contribution >= 4 is 59.4 Å². The highest BCUT2D eigenvalue weighted by atomic mass is 79.9. The molecule has 31 heavy (non-hydrogen) atoms. The number of hydrogen-bond donors (Lipinski definition) is 0. The van der Waals surface area contributed by atoms with Crippen molar-refractivity contribution in [1.29, 1.82) is 0 Å². The minimum Gasteiger partial charge on any atom is -0.268 e. The summed E-state index contributed by atoms with van der Waals surface area (Å²) in [4.78, 5) is 14.9. The smallest absolute Gasteiger partial charge is 0.268 e. The molecule has 0 aliphatic carbocycles. The summed E-state index contributed by atoms with van der Waals surface area (Å²) < 4.78 is 5.29. The Bertz CT molecular complexity index is 1430. The summed E-state index contributed by atoms with van der Waals surface area (Å²) in [6.45, 7) is 0. The summed E-state index contributed by atoms with van der Waals surface area (Å²) in [5.74, 6) is 0. The summed E-state index contributed by atoms with van der Waals surface area (Å²) in [6, 6.07) is 13.1. The van der Waals surface area contributed by atoms with Crippen LogP contribution in [0, 0.1) is 10.1 Å². The van der Waals surface area contributed by atoms with Crippen molar-refractivity contribution in [2.24, 2.45) is 14.1 Å². The van der Waals surface area contributed by atoms with Gasteiger partial charge in [-0.3, -0.25) is 19.5 Å². The largest absolute Gasteiger partial charge is 0.296 e. The van der Waals surface area contributed by atoms with E-state index < -0.39 is 4.92 Å². The van der Waals surface area contributed by atoms with Gasteiger partial charge in [0.25, 0.3) is 5.69 Å². The van der Waals surface area contributed by atoms with E-state index in [1.807, 2.05) is 55.3 Å². The Hall–Kier alpha value is -3.11. The Labute approximate surface area is 193 Å². The lowest BCUT2D eigenvalue weighted by molar-refractivity contribution is -0.384. The van der Waals surface area contributed by atoms with E-state index in [0.29, 0.717) is 15.7 Å². The number of fused-ring (bicyclic) bond motifs is 2. The van der Waals surface area contributed by atoms with E-state index in [0.717, 1.165) is 20.9 Å². The third kappa shape index (κ3) is 4.35. The normalized spacial score (nSPS) is 10.8. The number of aryl methyl sites for hydroxylation is 2. The van der Waals surface area contributed by atoms with Crippen molar-refractivity contribution in [3.05, 3.63) is 80.1 Å². The molecule has 0 amide bonds. The van der Waals surface area contributed by atoms with Crippen LogP contribution >= 0.6 is 31.9 Å². The molecule has 0 bridgehead atoms. The monoisotopic (exact) mass is 542 g/mol. The fourth-order valence-electron chi connectivity index (χ4n) is 3.24. The first kappa shape index (κ1) is 21.1. The van der Waals surface area contributed by atoms with Crippen LogP contribution in [0.3, 0.4) is 0 Å². The molecule has 5 aromatic rings. The molecule has 0 aliphatic heterocycles. The SMILES string of the molecule is Cn1ncc2cc(-c3ncc(Br)cc3[N+](=O)[O-])ccc21.Cn1ncc2cc(Br)ccc21. The Morgan fingerprint density at radius 1 is 0.839 bits per heavy atom. The van der Waals surface area contributed by atoms with Crippen molar-refractivity contribution in [2.75, 3.05) is 0 Å². The van der Waals surface area contributed by atoms with Crippen molar-refractivity contribution in [3.63, 3.8) is 0 Å². The Balaban J connectivity index is 0.000000177. The van der Waals surface area contributed by atoms with Crippen molar-refractivity contribution in [3.8, 4) is 11.3 Å². The Kier molecular flexibility index (Phi) is 5.84. The summed E-state index contributed by atoms with van der Waals surface area (Å²) >= 11 is 6.60. The van der Waals surface area contributed by atoms with Gasteiger partial charge in [-0.15, -0.1) is 0 Å². The van der Waals surface area contributed by atoms with Gasteiger partial charge in [-0.05, 0) is 46.3 Å². The van der Waals surface area contributed by atoms with Gasteiger partial charge in [-0.25, -0.2) is 4.98 Å². The molecular formula is C21H16Br2N6O2. The Morgan fingerprint density at radius 3 is 2.10 bits per heavy atom. The van der Waals surface area contributed by atoms with Gasteiger partial charge in [0.1, 0.15) is 5.69 Å². The number of halogens is 2. The highest BCUT2D eigenvalue weighted by molar-refractivity contribution is 9.10. The van der Waals surface area contributed by atoms with E-state index in [4.69, 9.17) is 0 Å². The van der Waals surface area contributed by atoms with Crippen LogP contribution in [0.1, 0.15) is 0 Å². The molecule has 156 valence electrons. The van der Waals surface area contributed by atoms with Crippen LogP contribution in [0.2, 0.25) is 0 Å². The van der Waals surface area contributed by atoms with E-state index in [1.165, 1.54) is 11.5 Å². The number of aromatic nitrogens is 5. The van der Waals surface area contributed by atoms with Gasteiger partial charge in [0.05, 0.1) is 28.4 Å². The van der Waals surface area contributed by atoms with E-state index in [2.05, 4.69) is 53.1 Å². The van der Waals surface area contributed by atoms with Gasteiger partial charge in [0.15, 0.2) is 0 Å². The third-order valence-corrected chi connectivity index (χ3v) is 5.69. The molecule has 8 nitrogen and oxygen atoms in total. The molecule has 0 aliphatic rings. The van der Waals surface area contributed by atoms with E-state index >= 15 is 0 Å². The van der Waals surface area contributed by atoms with Crippen LogP contribution in [-0.2, 0) is 14.1 Å². The number of benzene rings is 2. The average molecular weight is 544 g/mol. The first-order chi connectivity index (χ1) is 14.8. The quantitative estimate of drug-likeness (QED) is 0.212. The van der Waals surface area contributed by atoms with Gasteiger partial charge < -0.3 is 0 Å². The lowest BCUT2D eigenvalue weighted by Crippen LogP contribution is -1.95. The number of rotatable bonds is 2. The van der Waals surface area contributed by atoms with Crippen molar-refractivity contribution in [1.82, 2.24) is 24.5 Å². The molecule has 0 atom stereocenters. The minimum atomic E-state index is -0.430. The first-order valence-corrected chi connectivity index (χ1v) is 10.7. The van der Waals surface area contributed by atoms with Crippen molar-refractivity contribution < 1.29 is 4.92 Å².